The number of thioether (sulfide) groups is 1. The first-order chi connectivity index (χ1) is 13.6. The number of aliphatic imine (C=N–C) groups is 1. The van der Waals surface area contributed by atoms with E-state index in [1.807, 2.05) is 84.4 Å². The largest absolute Gasteiger partial charge is 0.497 e. The van der Waals surface area contributed by atoms with Gasteiger partial charge in [0.05, 0.1) is 17.7 Å². The van der Waals surface area contributed by atoms with E-state index in [2.05, 4.69) is 10.3 Å². The Kier molecular flexibility index (Phi) is 5.04. The van der Waals surface area contributed by atoms with Crippen LogP contribution >= 0.6 is 11.8 Å². The fourth-order valence-corrected chi connectivity index (χ4v) is 3.67. The number of hydrogen-bond donors (Lipinski definition) is 1. The van der Waals surface area contributed by atoms with Crippen LogP contribution in [0.3, 0.4) is 0 Å². The summed E-state index contributed by atoms with van der Waals surface area (Å²) >= 11 is 1.34. The van der Waals surface area contributed by atoms with Gasteiger partial charge in [0.15, 0.2) is 5.17 Å². The minimum Gasteiger partial charge on any atom is -0.497 e. The van der Waals surface area contributed by atoms with E-state index in [4.69, 9.17) is 4.74 Å². The summed E-state index contributed by atoms with van der Waals surface area (Å²) < 4.78 is 7.24. The molecule has 28 heavy (non-hydrogen) atoms. The van der Waals surface area contributed by atoms with E-state index in [9.17, 15) is 4.79 Å². The highest BCUT2D eigenvalue weighted by Gasteiger charge is 2.24. The third kappa shape index (κ3) is 3.87. The van der Waals surface area contributed by atoms with E-state index in [0.29, 0.717) is 10.1 Å². The van der Waals surface area contributed by atoms with Gasteiger partial charge in [-0.2, -0.15) is 0 Å². The summed E-state index contributed by atoms with van der Waals surface area (Å²) in [7, 11) is 1.65. The molecule has 140 valence electrons. The molecule has 1 fully saturated rings. The average molecular weight is 389 g/mol. The number of carbonyl (C=O) groups excluding carboxylic acids is 1. The van der Waals surface area contributed by atoms with Crippen molar-refractivity contribution in [2.24, 2.45) is 4.99 Å². The maximum absolute atomic E-state index is 12.4. The maximum atomic E-state index is 12.4. The second-order valence-corrected chi connectivity index (χ2v) is 7.35. The topological polar surface area (TPSA) is 55.6 Å². The molecule has 2 heterocycles. The van der Waals surface area contributed by atoms with E-state index in [0.717, 1.165) is 22.8 Å². The minimum absolute atomic E-state index is 0.140. The van der Waals surface area contributed by atoms with Crippen LogP contribution in [0.2, 0.25) is 0 Å². The maximum Gasteiger partial charge on any atom is 0.264 e. The van der Waals surface area contributed by atoms with Crippen molar-refractivity contribution in [3.05, 3.63) is 83.0 Å². The number of methoxy groups -OCH3 is 1. The van der Waals surface area contributed by atoms with E-state index < -0.39 is 0 Å². The third-order valence-corrected chi connectivity index (χ3v) is 5.24. The summed E-state index contributed by atoms with van der Waals surface area (Å²) in [6, 6.07) is 19.6. The van der Waals surface area contributed by atoms with Gasteiger partial charge >= 0.3 is 0 Å². The van der Waals surface area contributed by atoms with Gasteiger partial charge in [0.1, 0.15) is 5.75 Å². The number of nitrogens with zero attached hydrogens (tertiary/aromatic N) is 2. The number of carbonyl (C=O) groups is 1. The third-order valence-electron chi connectivity index (χ3n) is 4.33. The van der Waals surface area contributed by atoms with Crippen LogP contribution in [0.5, 0.6) is 5.75 Å². The number of hydrogen-bond acceptors (Lipinski definition) is 4. The fourth-order valence-electron chi connectivity index (χ4n) is 2.84. The molecule has 5 nitrogen and oxygen atoms in total. The quantitative estimate of drug-likeness (QED) is 0.659. The van der Waals surface area contributed by atoms with E-state index in [1.54, 1.807) is 7.11 Å². The van der Waals surface area contributed by atoms with Gasteiger partial charge in [-0.3, -0.25) is 4.79 Å². The Morgan fingerprint density at radius 1 is 1.07 bits per heavy atom. The van der Waals surface area contributed by atoms with Crippen LogP contribution in [-0.4, -0.2) is 22.8 Å². The van der Waals surface area contributed by atoms with Gasteiger partial charge in [-0.1, -0.05) is 17.7 Å². The fraction of sp³-hybridized carbons (Fsp3) is 0.0909. The number of amides is 1. The number of aryl methyl sites for hydroxylation is 1. The SMILES string of the molecule is COc1ccc(-n2cccc2/C=C2\SC(=Nc3ccc(C)cc3)NC2=O)cc1. The van der Waals surface area contributed by atoms with Gasteiger partial charge in [0, 0.05) is 17.6 Å². The van der Waals surface area contributed by atoms with Crippen LogP contribution in [0.1, 0.15) is 11.3 Å². The molecule has 1 aliphatic rings. The zero-order valence-electron chi connectivity index (χ0n) is 15.5. The van der Waals surface area contributed by atoms with Crippen molar-refractivity contribution < 1.29 is 9.53 Å². The van der Waals surface area contributed by atoms with Crippen molar-refractivity contribution in [3.63, 3.8) is 0 Å². The molecule has 0 radical (unpaired) electrons. The van der Waals surface area contributed by atoms with Gasteiger partial charge < -0.3 is 14.6 Å². The molecule has 0 spiro atoms. The smallest absolute Gasteiger partial charge is 0.264 e. The van der Waals surface area contributed by atoms with Crippen molar-refractivity contribution >= 4 is 34.6 Å². The highest BCUT2D eigenvalue weighted by atomic mass is 32.2. The predicted octanol–water partition coefficient (Wildman–Crippen LogP) is 4.69. The van der Waals surface area contributed by atoms with Gasteiger partial charge in [0.2, 0.25) is 0 Å². The average Bonchev–Trinajstić information content (AvgIpc) is 3.30. The molecule has 0 atom stereocenters. The Balaban J connectivity index is 1.59. The number of amidine groups is 1. The van der Waals surface area contributed by atoms with Crippen molar-refractivity contribution in [1.29, 1.82) is 0 Å². The molecule has 0 saturated carbocycles. The van der Waals surface area contributed by atoms with Crippen LogP contribution in [-0.2, 0) is 4.79 Å². The predicted molar refractivity (Wildman–Crippen MR) is 114 cm³/mol. The summed E-state index contributed by atoms with van der Waals surface area (Å²) in [6.07, 6.45) is 3.84. The lowest BCUT2D eigenvalue weighted by molar-refractivity contribution is -0.115. The van der Waals surface area contributed by atoms with Crippen molar-refractivity contribution in [2.75, 3.05) is 7.11 Å². The molecular weight excluding hydrogens is 370 g/mol. The lowest BCUT2D eigenvalue weighted by Gasteiger charge is -2.08. The van der Waals surface area contributed by atoms with Gasteiger partial charge in [-0.05, 0) is 73.3 Å². The Morgan fingerprint density at radius 3 is 2.54 bits per heavy atom. The van der Waals surface area contributed by atoms with Crippen LogP contribution in [0.4, 0.5) is 5.69 Å². The summed E-state index contributed by atoms with van der Waals surface area (Å²) in [6.45, 7) is 2.03. The summed E-state index contributed by atoms with van der Waals surface area (Å²) in [4.78, 5) is 17.5. The molecule has 0 unspecified atom stereocenters. The number of ether oxygens (including phenoxy) is 1. The zero-order valence-corrected chi connectivity index (χ0v) is 16.4. The molecular formula is C22H19N3O2S. The second kappa shape index (κ2) is 7.78. The van der Waals surface area contributed by atoms with E-state index >= 15 is 0 Å². The summed E-state index contributed by atoms with van der Waals surface area (Å²) in [5.74, 6) is 0.664. The van der Waals surface area contributed by atoms with Crippen molar-refractivity contribution in [1.82, 2.24) is 9.88 Å². The molecule has 1 amide bonds. The van der Waals surface area contributed by atoms with Gasteiger partial charge in [-0.15, -0.1) is 0 Å². The lowest BCUT2D eigenvalue weighted by atomic mass is 10.2. The van der Waals surface area contributed by atoms with Gasteiger partial charge in [-0.25, -0.2) is 4.99 Å². The van der Waals surface area contributed by atoms with Crippen LogP contribution in [0.15, 0.2) is 76.8 Å². The minimum atomic E-state index is -0.140. The second-order valence-electron chi connectivity index (χ2n) is 6.32. The summed E-state index contributed by atoms with van der Waals surface area (Å²) in [5, 5.41) is 3.42. The van der Waals surface area contributed by atoms with Crippen LogP contribution in [0.25, 0.3) is 11.8 Å². The number of aromatic nitrogens is 1. The zero-order chi connectivity index (χ0) is 19.5. The van der Waals surface area contributed by atoms with Crippen molar-refractivity contribution in [3.8, 4) is 11.4 Å². The Labute approximate surface area is 167 Å². The molecule has 0 bridgehead atoms. The Hall–Kier alpha value is -3.25. The molecule has 4 rings (SSSR count). The highest BCUT2D eigenvalue weighted by molar-refractivity contribution is 8.18. The monoisotopic (exact) mass is 389 g/mol. The number of nitrogens with one attached hydrogen (secondary N) is 1. The normalized spacial score (nSPS) is 16.6. The number of benzene rings is 2. The Morgan fingerprint density at radius 2 is 1.82 bits per heavy atom. The first kappa shape index (κ1) is 18.1. The molecule has 0 aliphatic carbocycles. The lowest BCUT2D eigenvalue weighted by Crippen LogP contribution is -2.19. The number of rotatable bonds is 4. The van der Waals surface area contributed by atoms with Crippen molar-refractivity contribution in [2.45, 2.75) is 6.92 Å². The molecule has 3 aromatic rings. The van der Waals surface area contributed by atoms with Gasteiger partial charge in [0.25, 0.3) is 5.91 Å². The molecule has 1 N–H and O–H groups in total. The molecule has 2 aromatic carbocycles. The molecule has 1 aromatic heterocycles. The van der Waals surface area contributed by atoms with E-state index in [-0.39, 0.29) is 5.91 Å². The molecule has 6 heteroatoms. The first-order valence-electron chi connectivity index (χ1n) is 8.80. The summed E-state index contributed by atoms with van der Waals surface area (Å²) in [5.41, 5.74) is 3.90. The van der Waals surface area contributed by atoms with Crippen LogP contribution in [0, 0.1) is 6.92 Å². The standard InChI is InChI=1S/C22H19N3O2S/c1-15-5-7-16(8-6-15)23-22-24-21(26)20(28-22)14-18-4-3-13-25(18)17-9-11-19(27-2)12-10-17/h3-14H,1-2H3,(H,23,24,26)/b20-14-. The molecule has 1 saturated heterocycles. The van der Waals surface area contributed by atoms with Crippen LogP contribution < -0.4 is 10.1 Å². The first-order valence-corrected chi connectivity index (χ1v) is 9.62. The Bertz CT molecular complexity index is 1060. The van der Waals surface area contributed by atoms with E-state index in [1.165, 1.54) is 17.3 Å². The highest BCUT2D eigenvalue weighted by Crippen LogP contribution is 2.29. The molecule has 1 aliphatic heterocycles.